The second kappa shape index (κ2) is 12.9. The summed E-state index contributed by atoms with van der Waals surface area (Å²) < 4.78 is 27.6. The Kier molecular flexibility index (Phi) is 9.13. The largest absolute Gasteiger partial charge is 0.481 e. The molecule has 3 aromatic carbocycles. The number of carboxylic acid groups (broad SMARTS) is 1. The van der Waals surface area contributed by atoms with E-state index in [4.69, 9.17) is 0 Å². The van der Waals surface area contributed by atoms with Gasteiger partial charge in [0.05, 0.1) is 23.1 Å². The third kappa shape index (κ3) is 7.38. The number of aryl methyl sites for hydroxylation is 1. The third-order valence-corrected chi connectivity index (χ3v) is 6.55. The lowest BCUT2D eigenvalue weighted by molar-refractivity contribution is -0.384. The Hall–Kier alpha value is -5.60. The summed E-state index contributed by atoms with van der Waals surface area (Å²) >= 11 is 0. The number of hydrogen-bond acceptors (Lipinski definition) is 6. The van der Waals surface area contributed by atoms with Crippen molar-refractivity contribution in [1.29, 1.82) is 0 Å². The van der Waals surface area contributed by atoms with Crippen LogP contribution in [0.2, 0.25) is 0 Å². The molecule has 43 heavy (non-hydrogen) atoms. The van der Waals surface area contributed by atoms with E-state index in [-0.39, 0.29) is 30.0 Å². The number of urea groups is 2. The summed E-state index contributed by atoms with van der Waals surface area (Å²) in [5, 5.41) is 28.2. The molecule has 1 saturated heterocycles. The maximum atomic E-state index is 14.3. The van der Waals surface area contributed by atoms with Gasteiger partial charge in [-0.15, -0.1) is 0 Å². The van der Waals surface area contributed by atoms with Crippen molar-refractivity contribution in [3.63, 3.8) is 0 Å². The van der Waals surface area contributed by atoms with Crippen molar-refractivity contribution in [2.75, 3.05) is 23.7 Å². The number of nitro groups is 1. The number of nitrogens with zero attached hydrogens (tertiary/aromatic N) is 3. The Morgan fingerprint density at radius 3 is 2.28 bits per heavy atom. The molecule has 2 atom stereocenters. The monoisotopic (exact) mass is 596 g/mol. The number of rotatable bonds is 8. The van der Waals surface area contributed by atoms with Gasteiger partial charge in [-0.2, -0.15) is 0 Å². The number of non-ortho nitro benzene ring substituents is 1. The first-order chi connectivity index (χ1) is 20.4. The Balaban J connectivity index is 1.65. The van der Waals surface area contributed by atoms with Crippen LogP contribution in [0.4, 0.5) is 35.4 Å². The normalized spacial score (nSPS) is 15.0. The summed E-state index contributed by atoms with van der Waals surface area (Å²) in [5.41, 5.74) is 0.617. The highest BCUT2D eigenvalue weighted by molar-refractivity contribution is 5.98. The maximum absolute atomic E-state index is 14.3. The molecule has 0 bridgehead atoms. The highest BCUT2D eigenvalue weighted by Gasteiger charge is 2.44. The van der Waals surface area contributed by atoms with Gasteiger partial charge in [-0.3, -0.25) is 29.5 Å². The van der Waals surface area contributed by atoms with Crippen molar-refractivity contribution in [1.82, 2.24) is 15.1 Å². The first-order valence-electron chi connectivity index (χ1n) is 12.9. The second-order valence-corrected chi connectivity index (χ2v) is 9.63. The van der Waals surface area contributed by atoms with E-state index in [1.165, 1.54) is 18.2 Å². The summed E-state index contributed by atoms with van der Waals surface area (Å²) in [6.45, 7) is 1.47. The Labute approximate surface area is 243 Å². The smallest absolute Gasteiger partial charge is 0.324 e. The average molecular weight is 597 g/mol. The fourth-order valence-corrected chi connectivity index (χ4v) is 4.56. The molecule has 3 aromatic rings. The molecule has 15 heteroatoms. The van der Waals surface area contributed by atoms with E-state index in [9.17, 15) is 43.2 Å². The van der Waals surface area contributed by atoms with E-state index >= 15 is 0 Å². The van der Waals surface area contributed by atoms with Crippen LogP contribution in [0.1, 0.15) is 23.6 Å². The molecule has 1 fully saturated rings. The molecule has 4 rings (SSSR count). The first kappa shape index (κ1) is 30.4. The summed E-state index contributed by atoms with van der Waals surface area (Å²) in [5.74, 6) is -4.27. The number of carboxylic acids is 1. The molecule has 0 radical (unpaired) electrons. The molecular formula is C28H26F2N6O7. The van der Waals surface area contributed by atoms with Crippen molar-refractivity contribution >= 4 is 41.0 Å². The second-order valence-electron chi connectivity index (χ2n) is 9.63. The average Bonchev–Trinajstić information content (AvgIpc) is 3.40. The maximum Gasteiger partial charge on any atom is 0.324 e. The number of amides is 5. The SMILES string of the molecule is Cc1cccc(NC(=O)N2CCN(C(=O)Nc3ccc(F)cc3F)C2C(=O)NC(CC(=O)O)c2cccc([N+](=O)[O-])c2)c1. The van der Waals surface area contributed by atoms with Crippen LogP contribution < -0.4 is 16.0 Å². The van der Waals surface area contributed by atoms with Crippen molar-refractivity contribution in [3.05, 3.63) is 99.6 Å². The molecule has 0 aromatic heterocycles. The lowest BCUT2D eigenvalue weighted by atomic mass is 10.0. The molecule has 1 heterocycles. The van der Waals surface area contributed by atoms with E-state index in [1.807, 2.05) is 0 Å². The van der Waals surface area contributed by atoms with E-state index in [1.54, 1.807) is 31.2 Å². The van der Waals surface area contributed by atoms with Crippen molar-refractivity contribution in [3.8, 4) is 0 Å². The standard InChI is InChI=1S/C28H26F2N6O7/c1-16-4-2-6-19(12-16)31-27(40)34-10-11-35(28(41)33-22-9-8-18(29)14-21(22)30)26(34)25(39)32-23(15-24(37)38)17-5-3-7-20(13-17)36(42)43/h2-9,12-14,23,26H,10-11,15H2,1H3,(H,31,40)(H,32,39)(H,33,41)(H,37,38). The van der Waals surface area contributed by atoms with Crippen LogP contribution in [0.15, 0.2) is 66.7 Å². The Morgan fingerprint density at radius 2 is 1.65 bits per heavy atom. The Morgan fingerprint density at radius 1 is 0.977 bits per heavy atom. The van der Waals surface area contributed by atoms with Gasteiger partial charge in [-0.1, -0.05) is 24.3 Å². The zero-order chi connectivity index (χ0) is 31.3. The fraction of sp³-hybridized carbons (Fsp3) is 0.214. The van der Waals surface area contributed by atoms with E-state index in [0.717, 1.165) is 33.6 Å². The number of halogens is 2. The lowest BCUT2D eigenvalue weighted by Crippen LogP contribution is -2.56. The van der Waals surface area contributed by atoms with Crippen molar-refractivity contribution in [2.45, 2.75) is 25.6 Å². The number of carbonyl (C=O) groups excluding carboxylic acids is 3. The number of nitrogens with one attached hydrogen (secondary N) is 3. The first-order valence-corrected chi connectivity index (χ1v) is 12.9. The number of hydrogen-bond donors (Lipinski definition) is 4. The van der Waals surface area contributed by atoms with Crippen LogP contribution in [0.3, 0.4) is 0 Å². The molecule has 1 aliphatic heterocycles. The molecule has 2 unspecified atom stereocenters. The van der Waals surface area contributed by atoms with Gasteiger partial charge in [0.2, 0.25) is 0 Å². The molecule has 0 aliphatic carbocycles. The van der Waals surface area contributed by atoms with Crippen LogP contribution in [-0.2, 0) is 9.59 Å². The number of benzene rings is 3. The quantitative estimate of drug-likeness (QED) is 0.222. The van der Waals surface area contributed by atoms with Crippen molar-refractivity contribution < 1.29 is 38.0 Å². The predicted octanol–water partition coefficient (Wildman–Crippen LogP) is 4.22. The van der Waals surface area contributed by atoms with E-state index in [0.29, 0.717) is 11.8 Å². The van der Waals surface area contributed by atoms with Crippen LogP contribution >= 0.6 is 0 Å². The van der Waals surface area contributed by atoms with Gasteiger partial charge in [0, 0.05) is 37.0 Å². The lowest BCUT2D eigenvalue weighted by Gasteiger charge is -2.31. The van der Waals surface area contributed by atoms with Crippen LogP contribution in [0.5, 0.6) is 0 Å². The van der Waals surface area contributed by atoms with E-state index in [2.05, 4.69) is 16.0 Å². The van der Waals surface area contributed by atoms with Gasteiger partial charge in [-0.05, 0) is 42.3 Å². The molecule has 224 valence electrons. The van der Waals surface area contributed by atoms with Crippen LogP contribution in [-0.4, -0.2) is 63.0 Å². The highest BCUT2D eigenvalue weighted by atomic mass is 19.1. The summed E-state index contributed by atoms with van der Waals surface area (Å²) in [6, 6.07) is 11.2. The fourth-order valence-electron chi connectivity index (χ4n) is 4.56. The number of carbonyl (C=O) groups is 4. The number of aliphatic carboxylic acids is 1. The predicted molar refractivity (Wildman–Crippen MR) is 149 cm³/mol. The van der Waals surface area contributed by atoms with Gasteiger partial charge in [0.25, 0.3) is 11.6 Å². The molecule has 0 spiro atoms. The van der Waals surface area contributed by atoms with E-state index < -0.39 is 59.1 Å². The van der Waals surface area contributed by atoms with Gasteiger partial charge in [-0.25, -0.2) is 18.4 Å². The highest BCUT2D eigenvalue weighted by Crippen LogP contribution is 2.25. The molecular weight excluding hydrogens is 570 g/mol. The minimum atomic E-state index is -1.65. The molecule has 5 amide bonds. The third-order valence-electron chi connectivity index (χ3n) is 6.55. The van der Waals surface area contributed by atoms with Gasteiger partial charge >= 0.3 is 18.0 Å². The zero-order valence-corrected chi connectivity index (χ0v) is 22.6. The molecule has 4 N–H and O–H groups in total. The van der Waals surface area contributed by atoms with Gasteiger partial charge in [0.1, 0.15) is 11.6 Å². The van der Waals surface area contributed by atoms with Crippen LogP contribution in [0.25, 0.3) is 0 Å². The van der Waals surface area contributed by atoms with Crippen molar-refractivity contribution in [2.24, 2.45) is 0 Å². The minimum absolute atomic E-state index is 0.100. The van der Waals surface area contributed by atoms with Crippen LogP contribution in [0, 0.1) is 28.7 Å². The molecule has 0 saturated carbocycles. The topological polar surface area (TPSA) is 174 Å². The zero-order valence-electron chi connectivity index (χ0n) is 22.6. The summed E-state index contributed by atoms with van der Waals surface area (Å²) in [7, 11) is 0. The number of anilines is 2. The van der Waals surface area contributed by atoms with Gasteiger partial charge < -0.3 is 21.1 Å². The Bertz CT molecular complexity index is 1590. The molecule has 1 aliphatic rings. The van der Waals surface area contributed by atoms with Gasteiger partial charge in [0.15, 0.2) is 6.17 Å². The summed E-state index contributed by atoms with van der Waals surface area (Å²) in [4.78, 5) is 64.5. The number of nitro benzene ring substituents is 1. The molecule has 13 nitrogen and oxygen atoms in total. The minimum Gasteiger partial charge on any atom is -0.481 e. The summed E-state index contributed by atoms with van der Waals surface area (Å²) in [6.07, 6.45) is -2.33.